The van der Waals surface area contributed by atoms with Crippen molar-refractivity contribution in [2.45, 2.75) is 6.54 Å². The molecule has 0 aliphatic heterocycles. The molecule has 3 rings (SSSR count). The Hall–Kier alpha value is -1.88. The third-order valence-corrected chi connectivity index (χ3v) is 3.61. The molecule has 3 aromatic rings. The molecular weight excluding hydrogens is 326 g/mol. The Morgan fingerprint density at radius 2 is 1.85 bits per heavy atom. The molecular formula is C15H11BrF2N2. The zero-order valence-electron chi connectivity index (χ0n) is 10.4. The molecule has 0 atom stereocenters. The summed E-state index contributed by atoms with van der Waals surface area (Å²) in [6.07, 6.45) is 1.84. The number of benzene rings is 2. The Labute approximate surface area is 122 Å². The normalized spacial score (nSPS) is 10.9. The predicted octanol–water partition coefficient (Wildman–Crippen LogP) is 4.82. The molecule has 102 valence electrons. The third-order valence-electron chi connectivity index (χ3n) is 3.15. The number of aromatic amines is 1. The largest absolute Gasteiger partial charge is 0.376 e. The summed E-state index contributed by atoms with van der Waals surface area (Å²) in [4.78, 5) is 3.11. The molecule has 0 fully saturated rings. The van der Waals surface area contributed by atoms with Gasteiger partial charge >= 0.3 is 0 Å². The smallest absolute Gasteiger partial charge is 0.150 e. The number of aromatic nitrogens is 1. The molecule has 20 heavy (non-hydrogen) atoms. The first kappa shape index (κ1) is 13.1. The fourth-order valence-corrected chi connectivity index (χ4v) is 2.60. The molecule has 0 aliphatic rings. The van der Waals surface area contributed by atoms with Crippen molar-refractivity contribution in [2.24, 2.45) is 0 Å². The van der Waals surface area contributed by atoms with E-state index in [2.05, 4.69) is 26.2 Å². The minimum absolute atomic E-state index is 0.110. The Morgan fingerprint density at radius 3 is 2.60 bits per heavy atom. The summed E-state index contributed by atoms with van der Waals surface area (Å²) < 4.78 is 27.8. The highest BCUT2D eigenvalue weighted by molar-refractivity contribution is 9.10. The average molecular weight is 337 g/mol. The van der Waals surface area contributed by atoms with E-state index in [1.807, 2.05) is 30.5 Å². The molecule has 2 aromatic carbocycles. The highest BCUT2D eigenvalue weighted by atomic mass is 79.9. The Bertz CT molecular complexity index is 744. The maximum atomic E-state index is 13.7. The summed E-state index contributed by atoms with van der Waals surface area (Å²) in [5.74, 6) is -1.23. The first-order valence-corrected chi connectivity index (χ1v) is 6.88. The Morgan fingerprint density at radius 1 is 1.10 bits per heavy atom. The molecule has 0 radical (unpaired) electrons. The first-order chi connectivity index (χ1) is 9.65. The van der Waals surface area contributed by atoms with Crippen molar-refractivity contribution in [3.05, 3.63) is 64.3 Å². The minimum atomic E-state index is -0.613. The highest BCUT2D eigenvalue weighted by Crippen LogP contribution is 2.25. The minimum Gasteiger partial charge on any atom is -0.376 e. The molecule has 2 N–H and O–H groups in total. The second kappa shape index (κ2) is 5.25. The molecule has 0 spiro atoms. The number of rotatable bonds is 3. The zero-order valence-corrected chi connectivity index (χ0v) is 12.0. The maximum Gasteiger partial charge on any atom is 0.150 e. The van der Waals surface area contributed by atoms with E-state index < -0.39 is 11.6 Å². The van der Waals surface area contributed by atoms with Gasteiger partial charge in [0.1, 0.15) is 17.3 Å². The van der Waals surface area contributed by atoms with E-state index in [1.165, 1.54) is 12.1 Å². The lowest BCUT2D eigenvalue weighted by Gasteiger charge is -2.10. The molecule has 0 bridgehead atoms. The van der Waals surface area contributed by atoms with Crippen LogP contribution in [0.15, 0.2) is 47.1 Å². The third kappa shape index (κ3) is 2.41. The summed E-state index contributed by atoms with van der Waals surface area (Å²) in [6.45, 7) is 0.352. The standard InChI is InChI=1S/C15H11BrF2N2/c16-10-6-12(17)15(13(18)7-10)20-8-9-2-1-3-14-11(9)4-5-19-14/h1-7,19-20H,8H2. The second-order valence-electron chi connectivity index (χ2n) is 4.45. The van der Waals surface area contributed by atoms with Gasteiger partial charge in [0.25, 0.3) is 0 Å². The fraction of sp³-hybridized carbons (Fsp3) is 0.0667. The van der Waals surface area contributed by atoms with Crippen molar-refractivity contribution in [2.75, 3.05) is 5.32 Å². The van der Waals surface area contributed by atoms with Crippen molar-refractivity contribution in [3.63, 3.8) is 0 Å². The van der Waals surface area contributed by atoms with Crippen LogP contribution in [0, 0.1) is 11.6 Å². The maximum absolute atomic E-state index is 13.7. The van der Waals surface area contributed by atoms with Crippen LogP contribution >= 0.6 is 15.9 Å². The lowest BCUT2D eigenvalue weighted by atomic mass is 10.1. The molecule has 1 aromatic heterocycles. The van der Waals surface area contributed by atoms with Gasteiger partial charge in [-0.1, -0.05) is 28.1 Å². The van der Waals surface area contributed by atoms with Gasteiger partial charge in [-0.2, -0.15) is 0 Å². The number of nitrogens with one attached hydrogen (secondary N) is 2. The van der Waals surface area contributed by atoms with Gasteiger partial charge in [0.15, 0.2) is 0 Å². The van der Waals surface area contributed by atoms with E-state index >= 15 is 0 Å². The lowest BCUT2D eigenvalue weighted by Crippen LogP contribution is -2.04. The van der Waals surface area contributed by atoms with Gasteiger partial charge in [-0.25, -0.2) is 8.78 Å². The van der Waals surface area contributed by atoms with E-state index in [0.29, 0.717) is 11.0 Å². The van der Waals surface area contributed by atoms with Gasteiger partial charge in [-0.3, -0.25) is 0 Å². The van der Waals surface area contributed by atoms with E-state index in [-0.39, 0.29) is 5.69 Å². The number of anilines is 1. The van der Waals surface area contributed by atoms with Gasteiger partial charge < -0.3 is 10.3 Å². The van der Waals surface area contributed by atoms with Crippen LogP contribution < -0.4 is 5.32 Å². The number of fused-ring (bicyclic) bond motifs is 1. The molecule has 2 nitrogen and oxygen atoms in total. The molecule has 5 heteroatoms. The van der Waals surface area contributed by atoms with E-state index in [4.69, 9.17) is 0 Å². The van der Waals surface area contributed by atoms with Gasteiger partial charge in [-0.05, 0) is 29.8 Å². The van der Waals surface area contributed by atoms with Crippen LogP contribution in [0.4, 0.5) is 14.5 Å². The fourth-order valence-electron chi connectivity index (χ4n) is 2.20. The van der Waals surface area contributed by atoms with Crippen LogP contribution in [0.1, 0.15) is 5.56 Å². The summed E-state index contributed by atoms with van der Waals surface area (Å²) in [7, 11) is 0. The number of hydrogen-bond acceptors (Lipinski definition) is 1. The Kier molecular flexibility index (Phi) is 3.44. The van der Waals surface area contributed by atoms with Crippen LogP contribution in [0.3, 0.4) is 0 Å². The average Bonchev–Trinajstić information content (AvgIpc) is 2.86. The van der Waals surface area contributed by atoms with E-state index in [9.17, 15) is 8.78 Å². The van der Waals surface area contributed by atoms with Gasteiger partial charge in [-0.15, -0.1) is 0 Å². The first-order valence-electron chi connectivity index (χ1n) is 6.08. The lowest BCUT2D eigenvalue weighted by molar-refractivity contribution is 0.586. The van der Waals surface area contributed by atoms with Crippen LogP contribution in [0.2, 0.25) is 0 Å². The topological polar surface area (TPSA) is 27.8 Å². The monoisotopic (exact) mass is 336 g/mol. The molecule has 0 amide bonds. The van der Waals surface area contributed by atoms with Crippen molar-refractivity contribution < 1.29 is 8.78 Å². The second-order valence-corrected chi connectivity index (χ2v) is 5.37. The summed E-state index contributed by atoms with van der Waals surface area (Å²) >= 11 is 3.06. The number of halogens is 3. The highest BCUT2D eigenvalue weighted by Gasteiger charge is 2.10. The van der Waals surface area contributed by atoms with E-state index in [1.54, 1.807) is 0 Å². The quantitative estimate of drug-likeness (QED) is 0.705. The molecule has 0 saturated carbocycles. The SMILES string of the molecule is Fc1cc(Br)cc(F)c1NCc1cccc2[nH]ccc12. The zero-order chi connectivity index (χ0) is 14.1. The van der Waals surface area contributed by atoms with Gasteiger partial charge in [0.05, 0.1) is 0 Å². The summed E-state index contributed by atoms with van der Waals surface area (Å²) in [5, 5.41) is 3.86. The molecule has 0 aliphatic carbocycles. The number of H-pyrrole nitrogens is 1. The Balaban J connectivity index is 1.89. The van der Waals surface area contributed by atoms with Gasteiger partial charge in [0, 0.05) is 28.1 Å². The molecule has 0 unspecified atom stereocenters. The van der Waals surface area contributed by atoms with Gasteiger partial charge in [0.2, 0.25) is 0 Å². The van der Waals surface area contributed by atoms with Crippen molar-refractivity contribution in [1.29, 1.82) is 0 Å². The van der Waals surface area contributed by atoms with Crippen LogP contribution in [0.25, 0.3) is 10.9 Å². The number of hydrogen-bond donors (Lipinski definition) is 2. The predicted molar refractivity (Wildman–Crippen MR) is 79.7 cm³/mol. The molecule has 0 saturated heterocycles. The van der Waals surface area contributed by atoms with Crippen LogP contribution in [0.5, 0.6) is 0 Å². The summed E-state index contributed by atoms with van der Waals surface area (Å²) in [5.41, 5.74) is 1.87. The van der Waals surface area contributed by atoms with Crippen LogP contribution in [-0.2, 0) is 6.54 Å². The summed E-state index contributed by atoms with van der Waals surface area (Å²) in [6, 6.07) is 10.2. The van der Waals surface area contributed by atoms with Crippen molar-refractivity contribution in [3.8, 4) is 0 Å². The van der Waals surface area contributed by atoms with Crippen molar-refractivity contribution >= 4 is 32.5 Å². The van der Waals surface area contributed by atoms with Crippen molar-refractivity contribution in [1.82, 2.24) is 4.98 Å². The van der Waals surface area contributed by atoms with Crippen LogP contribution in [-0.4, -0.2) is 4.98 Å². The van der Waals surface area contributed by atoms with E-state index in [0.717, 1.165) is 16.5 Å². The molecule has 1 heterocycles.